The fraction of sp³-hybridized carbons (Fsp3) is 0.375. The lowest BCUT2D eigenvalue weighted by atomic mass is 10.0. The Labute approximate surface area is 249 Å². The second-order valence-electron chi connectivity index (χ2n) is 10.2. The summed E-state index contributed by atoms with van der Waals surface area (Å²) in [5.41, 5.74) is 3.24. The molecule has 41 heavy (non-hydrogen) atoms. The fourth-order valence-electron chi connectivity index (χ4n) is 4.59. The van der Waals surface area contributed by atoms with E-state index in [9.17, 15) is 18.0 Å². The molecule has 3 aromatic carbocycles. The van der Waals surface area contributed by atoms with Gasteiger partial charge in [0.05, 0.1) is 11.9 Å². The molecule has 0 aliphatic carbocycles. The lowest BCUT2D eigenvalue weighted by Gasteiger charge is -2.32. The number of unbranched alkanes of at least 4 members (excludes halogenated alkanes) is 1. The van der Waals surface area contributed by atoms with Gasteiger partial charge in [-0.2, -0.15) is 0 Å². The van der Waals surface area contributed by atoms with Crippen LogP contribution in [0.5, 0.6) is 0 Å². The van der Waals surface area contributed by atoms with Crippen LogP contribution < -0.4 is 9.62 Å². The number of nitrogens with one attached hydrogen (secondary N) is 1. The number of anilines is 1. The largest absolute Gasteiger partial charge is 0.354 e. The first-order valence-electron chi connectivity index (χ1n) is 14.0. The highest BCUT2D eigenvalue weighted by atomic mass is 35.5. The molecule has 0 aliphatic rings. The van der Waals surface area contributed by atoms with Crippen molar-refractivity contribution in [3.8, 4) is 0 Å². The van der Waals surface area contributed by atoms with Crippen LogP contribution in [-0.4, -0.2) is 50.5 Å². The number of rotatable bonds is 15. The van der Waals surface area contributed by atoms with Crippen molar-refractivity contribution in [2.24, 2.45) is 0 Å². The molecular weight excluding hydrogens is 558 g/mol. The molecule has 3 rings (SSSR count). The topological polar surface area (TPSA) is 86.8 Å². The van der Waals surface area contributed by atoms with Crippen molar-refractivity contribution in [1.82, 2.24) is 10.2 Å². The van der Waals surface area contributed by atoms with Gasteiger partial charge in [0.15, 0.2) is 0 Å². The van der Waals surface area contributed by atoms with E-state index in [0.717, 1.165) is 35.8 Å². The van der Waals surface area contributed by atoms with Crippen molar-refractivity contribution in [2.45, 2.75) is 58.5 Å². The van der Waals surface area contributed by atoms with E-state index < -0.39 is 16.1 Å². The highest BCUT2D eigenvalue weighted by Crippen LogP contribution is 2.23. The minimum absolute atomic E-state index is 0.0653. The van der Waals surface area contributed by atoms with Crippen LogP contribution >= 0.6 is 11.6 Å². The first-order valence-corrected chi connectivity index (χ1v) is 16.2. The van der Waals surface area contributed by atoms with E-state index >= 15 is 0 Å². The summed E-state index contributed by atoms with van der Waals surface area (Å²) in [6.45, 7) is 4.81. The second-order valence-corrected chi connectivity index (χ2v) is 12.6. The van der Waals surface area contributed by atoms with Crippen LogP contribution in [0.1, 0.15) is 49.3 Å². The smallest absolute Gasteiger partial charge is 0.243 e. The van der Waals surface area contributed by atoms with E-state index in [1.165, 1.54) is 4.31 Å². The number of carbonyl (C=O) groups is 2. The Morgan fingerprint density at radius 2 is 1.59 bits per heavy atom. The highest BCUT2D eigenvalue weighted by molar-refractivity contribution is 7.92. The van der Waals surface area contributed by atoms with Crippen LogP contribution in [0.2, 0.25) is 5.02 Å². The van der Waals surface area contributed by atoms with Gasteiger partial charge in [0.2, 0.25) is 21.8 Å². The Morgan fingerprint density at radius 3 is 2.22 bits per heavy atom. The summed E-state index contributed by atoms with van der Waals surface area (Å²) in [4.78, 5) is 29.0. The van der Waals surface area contributed by atoms with E-state index in [1.54, 1.807) is 23.1 Å². The Bertz CT molecular complexity index is 1380. The van der Waals surface area contributed by atoms with Crippen LogP contribution in [0, 0.1) is 6.92 Å². The average molecular weight is 598 g/mol. The van der Waals surface area contributed by atoms with Crippen molar-refractivity contribution in [2.75, 3.05) is 23.7 Å². The highest BCUT2D eigenvalue weighted by Gasteiger charge is 2.30. The van der Waals surface area contributed by atoms with Gasteiger partial charge in [0, 0.05) is 37.5 Å². The molecule has 0 aliphatic heterocycles. The molecule has 7 nitrogen and oxygen atoms in total. The zero-order chi connectivity index (χ0) is 29.8. The van der Waals surface area contributed by atoms with Gasteiger partial charge in [-0.05, 0) is 49.1 Å². The minimum atomic E-state index is -3.56. The summed E-state index contributed by atoms with van der Waals surface area (Å²) in [5.74, 6) is -0.464. The van der Waals surface area contributed by atoms with Crippen LogP contribution in [0.15, 0.2) is 78.9 Å². The molecular formula is C32H40ClN3O4S. The first-order chi connectivity index (χ1) is 19.6. The zero-order valence-electron chi connectivity index (χ0n) is 24.1. The maximum atomic E-state index is 13.9. The predicted molar refractivity (Wildman–Crippen MR) is 166 cm³/mol. The quantitative estimate of drug-likeness (QED) is 0.226. The number of aryl methyl sites for hydroxylation is 1. The molecule has 2 amide bonds. The maximum Gasteiger partial charge on any atom is 0.243 e. The van der Waals surface area contributed by atoms with Crippen molar-refractivity contribution in [3.63, 3.8) is 0 Å². The van der Waals surface area contributed by atoms with Gasteiger partial charge >= 0.3 is 0 Å². The number of amides is 2. The van der Waals surface area contributed by atoms with Crippen LogP contribution in [-0.2, 0) is 32.6 Å². The van der Waals surface area contributed by atoms with Crippen molar-refractivity contribution < 1.29 is 18.0 Å². The number of hydrogen-bond donors (Lipinski definition) is 1. The minimum Gasteiger partial charge on any atom is -0.354 e. The number of carbonyl (C=O) groups excluding carboxylic acids is 2. The normalized spacial score (nSPS) is 12.0. The molecule has 1 N–H and O–H groups in total. The standard InChI is InChI=1S/C32H40ClN3O4S/c1-4-5-21-34-32(38)30(23-26-12-7-6-8-13-26)35(24-27-14-9-10-15-29(27)33)31(37)16-11-22-36(41(3,39)40)28-19-17-25(2)18-20-28/h6-10,12-15,17-20,30H,4-5,11,16,21-24H2,1-3H3,(H,34,38)/t30-/m0/s1. The summed E-state index contributed by atoms with van der Waals surface area (Å²) in [7, 11) is -3.56. The van der Waals surface area contributed by atoms with Crippen LogP contribution in [0.3, 0.4) is 0 Å². The van der Waals surface area contributed by atoms with Crippen LogP contribution in [0.25, 0.3) is 0 Å². The molecule has 0 radical (unpaired) electrons. The SMILES string of the molecule is CCCCNC(=O)[C@H](Cc1ccccc1)N(Cc1ccccc1Cl)C(=O)CCCN(c1ccc(C)cc1)S(C)(=O)=O. The third-order valence-corrected chi connectivity index (χ3v) is 8.44. The van der Waals surface area contributed by atoms with E-state index in [-0.39, 0.29) is 37.7 Å². The molecule has 0 bridgehead atoms. The van der Waals surface area contributed by atoms with Crippen molar-refractivity contribution in [1.29, 1.82) is 0 Å². The fourth-order valence-corrected chi connectivity index (χ4v) is 5.75. The summed E-state index contributed by atoms with van der Waals surface area (Å²) in [5, 5.41) is 3.52. The number of hydrogen-bond acceptors (Lipinski definition) is 4. The molecule has 0 saturated carbocycles. The van der Waals surface area contributed by atoms with Crippen molar-refractivity contribution in [3.05, 3.63) is 101 Å². The maximum absolute atomic E-state index is 13.9. The monoisotopic (exact) mass is 597 g/mol. The summed E-state index contributed by atoms with van der Waals surface area (Å²) in [6, 6.07) is 23.4. The Balaban J connectivity index is 1.87. The summed E-state index contributed by atoms with van der Waals surface area (Å²) in [6.07, 6.45) is 3.62. The number of benzene rings is 3. The lowest BCUT2D eigenvalue weighted by molar-refractivity contribution is -0.141. The molecule has 3 aromatic rings. The Hall–Kier alpha value is -3.36. The van der Waals surface area contributed by atoms with E-state index in [4.69, 9.17) is 11.6 Å². The molecule has 0 spiro atoms. The van der Waals surface area contributed by atoms with E-state index in [1.807, 2.05) is 67.6 Å². The average Bonchev–Trinajstić information content (AvgIpc) is 2.94. The van der Waals surface area contributed by atoms with Gasteiger partial charge in [0.1, 0.15) is 6.04 Å². The molecule has 9 heteroatoms. The number of sulfonamides is 1. The van der Waals surface area contributed by atoms with Gasteiger partial charge in [0.25, 0.3) is 0 Å². The molecule has 0 fully saturated rings. The number of halogens is 1. The molecule has 220 valence electrons. The summed E-state index contributed by atoms with van der Waals surface area (Å²) >= 11 is 6.48. The van der Waals surface area contributed by atoms with Crippen molar-refractivity contribution >= 4 is 39.1 Å². The molecule has 0 aromatic heterocycles. The molecule has 0 unspecified atom stereocenters. The predicted octanol–water partition coefficient (Wildman–Crippen LogP) is 5.75. The van der Waals surface area contributed by atoms with Gasteiger partial charge < -0.3 is 10.2 Å². The Kier molecular flexibility index (Phi) is 12.2. The lowest BCUT2D eigenvalue weighted by Crippen LogP contribution is -2.50. The summed E-state index contributed by atoms with van der Waals surface area (Å²) < 4.78 is 26.5. The second kappa shape index (κ2) is 15.6. The third kappa shape index (κ3) is 9.90. The van der Waals surface area contributed by atoms with E-state index in [2.05, 4.69) is 12.2 Å². The van der Waals surface area contributed by atoms with Gasteiger partial charge in [-0.25, -0.2) is 8.42 Å². The van der Waals surface area contributed by atoms with Gasteiger partial charge in [-0.1, -0.05) is 91.2 Å². The third-order valence-electron chi connectivity index (χ3n) is 6.87. The number of nitrogens with zero attached hydrogens (tertiary/aromatic N) is 2. The van der Waals surface area contributed by atoms with Gasteiger partial charge in [-0.3, -0.25) is 13.9 Å². The molecule has 0 heterocycles. The Morgan fingerprint density at radius 1 is 0.927 bits per heavy atom. The first kappa shape index (κ1) is 32.2. The molecule has 1 atom stereocenters. The van der Waals surface area contributed by atoms with Gasteiger partial charge in [-0.15, -0.1) is 0 Å². The zero-order valence-corrected chi connectivity index (χ0v) is 25.6. The molecule has 0 saturated heterocycles. The van der Waals surface area contributed by atoms with E-state index in [0.29, 0.717) is 23.7 Å². The van der Waals surface area contributed by atoms with Crippen LogP contribution in [0.4, 0.5) is 5.69 Å².